The second-order valence-corrected chi connectivity index (χ2v) is 7.29. The van der Waals surface area contributed by atoms with Gasteiger partial charge < -0.3 is 0 Å². The average Bonchev–Trinajstić information content (AvgIpc) is 2.48. The van der Waals surface area contributed by atoms with E-state index in [1.165, 1.54) is 0 Å². The molecular formula is C18H21NO2S. The zero-order chi connectivity index (χ0) is 16.2. The Hall–Kier alpha value is -1.91. The number of benzene rings is 2. The zero-order valence-electron chi connectivity index (χ0n) is 12.9. The molecule has 0 aliphatic carbocycles. The van der Waals surface area contributed by atoms with Crippen LogP contribution in [0.5, 0.6) is 0 Å². The Morgan fingerprint density at radius 2 is 1.68 bits per heavy atom. The predicted octanol–water partition coefficient (Wildman–Crippen LogP) is 3.76. The van der Waals surface area contributed by atoms with Gasteiger partial charge in [0.05, 0.1) is 10.4 Å². The smallest absolute Gasteiger partial charge is 0.207 e. The Labute approximate surface area is 132 Å². The molecule has 0 aliphatic rings. The summed E-state index contributed by atoms with van der Waals surface area (Å²) in [6.45, 7) is 7.55. The average molecular weight is 315 g/mol. The molecule has 22 heavy (non-hydrogen) atoms. The van der Waals surface area contributed by atoms with Crippen LogP contribution in [0.3, 0.4) is 0 Å². The van der Waals surface area contributed by atoms with E-state index in [4.69, 9.17) is 0 Å². The van der Waals surface area contributed by atoms with Crippen LogP contribution >= 0.6 is 0 Å². The Kier molecular flexibility index (Phi) is 4.84. The van der Waals surface area contributed by atoms with Crippen LogP contribution in [0, 0.1) is 6.92 Å². The maximum absolute atomic E-state index is 12.7. The van der Waals surface area contributed by atoms with E-state index >= 15 is 0 Å². The summed E-state index contributed by atoms with van der Waals surface area (Å²) in [6.07, 6.45) is 2.23. The molecule has 0 spiro atoms. The highest BCUT2D eigenvalue weighted by molar-refractivity contribution is 7.89. The molecule has 0 aliphatic heterocycles. The molecule has 1 unspecified atom stereocenters. The van der Waals surface area contributed by atoms with Gasteiger partial charge in [0, 0.05) is 0 Å². The van der Waals surface area contributed by atoms with Gasteiger partial charge in [-0.25, -0.2) is 13.1 Å². The van der Waals surface area contributed by atoms with E-state index < -0.39 is 15.6 Å². The van der Waals surface area contributed by atoms with Crippen LogP contribution in [0.25, 0.3) is 0 Å². The molecule has 0 saturated carbocycles. The molecule has 2 rings (SSSR count). The molecule has 116 valence electrons. The molecule has 0 fully saturated rings. The van der Waals surface area contributed by atoms with Gasteiger partial charge in [0.25, 0.3) is 0 Å². The second kappa shape index (κ2) is 6.46. The molecule has 4 heteroatoms. The number of rotatable bonds is 6. The summed E-state index contributed by atoms with van der Waals surface area (Å²) in [5.41, 5.74) is 1.20. The molecule has 0 aromatic heterocycles. The molecule has 0 bridgehead atoms. The molecule has 0 amide bonds. The molecule has 0 saturated heterocycles. The van der Waals surface area contributed by atoms with Crippen molar-refractivity contribution in [3.63, 3.8) is 0 Å². The first kappa shape index (κ1) is 16.5. The third-order valence-electron chi connectivity index (χ3n) is 3.65. The first-order valence-corrected chi connectivity index (χ1v) is 8.63. The lowest BCUT2D eigenvalue weighted by Gasteiger charge is -2.30. The molecule has 2 aromatic carbocycles. The summed E-state index contributed by atoms with van der Waals surface area (Å²) in [5, 5.41) is 0. The summed E-state index contributed by atoms with van der Waals surface area (Å²) in [7, 11) is -3.60. The van der Waals surface area contributed by atoms with Crippen molar-refractivity contribution in [1.82, 2.24) is 4.72 Å². The number of sulfonamides is 1. The molecule has 3 nitrogen and oxygen atoms in total. The van der Waals surface area contributed by atoms with E-state index in [1.807, 2.05) is 44.2 Å². The predicted molar refractivity (Wildman–Crippen MR) is 90.1 cm³/mol. The lowest BCUT2D eigenvalue weighted by atomic mass is 9.90. The van der Waals surface area contributed by atoms with Crippen molar-refractivity contribution in [1.29, 1.82) is 0 Å². The Bertz CT molecular complexity index is 736. The first-order chi connectivity index (χ1) is 10.4. The second-order valence-electron chi connectivity index (χ2n) is 5.61. The van der Waals surface area contributed by atoms with Crippen molar-refractivity contribution in [2.24, 2.45) is 0 Å². The maximum Gasteiger partial charge on any atom is 0.241 e. The van der Waals surface area contributed by atoms with Crippen molar-refractivity contribution < 1.29 is 8.42 Å². The summed E-state index contributed by atoms with van der Waals surface area (Å²) in [6, 6.07) is 16.4. The Morgan fingerprint density at radius 1 is 1.09 bits per heavy atom. The molecule has 1 atom stereocenters. The van der Waals surface area contributed by atoms with Gasteiger partial charge in [0.2, 0.25) is 10.0 Å². The van der Waals surface area contributed by atoms with Crippen molar-refractivity contribution in [3.05, 3.63) is 78.4 Å². The number of hydrogen-bond donors (Lipinski definition) is 1. The van der Waals surface area contributed by atoms with Gasteiger partial charge in [-0.3, -0.25) is 0 Å². The van der Waals surface area contributed by atoms with Crippen molar-refractivity contribution in [2.75, 3.05) is 0 Å². The van der Waals surface area contributed by atoms with Gasteiger partial charge >= 0.3 is 0 Å². The molecule has 1 N–H and O–H groups in total. The van der Waals surface area contributed by atoms with Crippen LogP contribution in [0.15, 0.2) is 72.1 Å². The van der Waals surface area contributed by atoms with E-state index in [9.17, 15) is 8.42 Å². The maximum atomic E-state index is 12.7. The number of nitrogens with one attached hydrogen (secondary N) is 1. The molecule has 2 aromatic rings. The first-order valence-electron chi connectivity index (χ1n) is 7.14. The summed E-state index contributed by atoms with van der Waals surface area (Å²) < 4.78 is 28.1. The standard InChI is InChI=1S/C18H21NO2S/c1-4-14-18(3,16-8-6-5-7-9-16)19-22(20,21)17-12-10-15(2)11-13-17/h4-13,19H,1,14H2,2-3H3. The fraction of sp³-hybridized carbons (Fsp3) is 0.222. The lowest BCUT2D eigenvalue weighted by Crippen LogP contribution is -2.43. The lowest BCUT2D eigenvalue weighted by molar-refractivity contribution is 0.436. The Balaban J connectivity index is 2.39. The molecule has 0 radical (unpaired) electrons. The van der Waals surface area contributed by atoms with Gasteiger partial charge in [0.1, 0.15) is 0 Å². The third-order valence-corrected chi connectivity index (χ3v) is 5.27. The van der Waals surface area contributed by atoms with Crippen LogP contribution in [0.1, 0.15) is 24.5 Å². The fourth-order valence-electron chi connectivity index (χ4n) is 2.39. The monoisotopic (exact) mass is 315 g/mol. The highest BCUT2D eigenvalue weighted by Gasteiger charge is 2.31. The van der Waals surface area contributed by atoms with E-state index in [0.717, 1.165) is 11.1 Å². The van der Waals surface area contributed by atoms with Crippen LogP contribution in [0.4, 0.5) is 0 Å². The highest BCUT2D eigenvalue weighted by atomic mass is 32.2. The molecule has 0 heterocycles. The van der Waals surface area contributed by atoms with Crippen molar-refractivity contribution in [2.45, 2.75) is 30.7 Å². The van der Waals surface area contributed by atoms with Crippen molar-refractivity contribution in [3.8, 4) is 0 Å². The van der Waals surface area contributed by atoms with E-state index in [2.05, 4.69) is 11.3 Å². The quantitative estimate of drug-likeness (QED) is 0.825. The zero-order valence-corrected chi connectivity index (χ0v) is 13.7. The van der Waals surface area contributed by atoms with E-state index in [1.54, 1.807) is 30.3 Å². The SMILES string of the molecule is C=CCC(C)(NS(=O)(=O)c1ccc(C)cc1)c1ccccc1. The number of hydrogen-bond acceptors (Lipinski definition) is 2. The van der Waals surface area contributed by atoms with Gasteiger partial charge in [-0.05, 0) is 38.0 Å². The van der Waals surface area contributed by atoms with Crippen LogP contribution in [-0.2, 0) is 15.6 Å². The Morgan fingerprint density at radius 3 is 2.23 bits per heavy atom. The minimum Gasteiger partial charge on any atom is -0.207 e. The van der Waals surface area contributed by atoms with Gasteiger partial charge in [-0.1, -0.05) is 54.1 Å². The minimum atomic E-state index is -3.60. The topological polar surface area (TPSA) is 46.2 Å². The summed E-state index contributed by atoms with van der Waals surface area (Å²) >= 11 is 0. The van der Waals surface area contributed by atoms with Gasteiger partial charge in [0.15, 0.2) is 0 Å². The van der Waals surface area contributed by atoms with Crippen LogP contribution in [-0.4, -0.2) is 8.42 Å². The number of aryl methyl sites for hydroxylation is 1. The summed E-state index contributed by atoms with van der Waals surface area (Å²) in [4.78, 5) is 0.268. The third kappa shape index (κ3) is 3.64. The largest absolute Gasteiger partial charge is 0.241 e. The van der Waals surface area contributed by atoms with Gasteiger partial charge in [-0.15, -0.1) is 6.58 Å². The highest BCUT2D eigenvalue weighted by Crippen LogP contribution is 2.27. The minimum absolute atomic E-state index is 0.268. The molecular weight excluding hydrogens is 294 g/mol. The van der Waals surface area contributed by atoms with Crippen LogP contribution < -0.4 is 4.72 Å². The van der Waals surface area contributed by atoms with Gasteiger partial charge in [-0.2, -0.15) is 0 Å². The summed E-state index contributed by atoms with van der Waals surface area (Å²) in [5.74, 6) is 0. The van der Waals surface area contributed by atoms with Crippen molar-refractivity contribution >= 4 is 10.0 Å². The van der Waals surface area contributed by atoms with E-state index in [0.29, 0.717) is 6.42 Å². The van der Waals surface area contributed by atoms with Crippen LogP contribution in [0.2, 0.25) is 0 Å². The normalized spacial score (nSPS) is 14.3. The van der Waals surface area contributed by atoms with E-state index in [-0.39, 0.29) is 4.90 Å². The fourth-order valence-corrected chi connectivity index (χ4v) is 3.79.